The van der Waals surface area contributed by atoms with Crippen molar-refractivity contribution in [2.24, 2.45) is 0 Å². The van der Waals surface area contributed by atoms with Crippen LogP contribution in [0.3, 0.4) is 0 Å². The number of hydrogen-bond donors (Lipinski definition) is 0. The molecule has 1 heterocycles. The summed E-state index contributed by atoms with van der Waals surface area (Å²) in [6.07, 6.45) is 4.71. The number of hydrogen-bond acceptors (Lipinski definition) is 2. The highest BCUT2D eigenvalue weighted by molar-refractivity contribution is 6.75. The largest absolute Gasteiger partial charge is 0.374 e. The van der Waals surface area contributed by atoms with Crippen LogP contribution in [0, 0.1) is 0 Å². The second kappa shape index (κ2) is 5.68. The third kappa shape index (κ3) is 4.57. The molecule has 0 N–H and O–H groups in total. The summed E-state index contributed by atoms with van der Waals surface area (Å²) in [6, 6.07) is 1.81. The first-order valence-corrected chi connectivity index (χ1v) is 9.93. The van der Waals surface area contributed by atoms with E-state index in [1.54, 1.807) is 0 Å². The van der Waals surface area contributed by atoms with Gasteiger partial charge in [0.15, 0.2) is 0 Å². The van der Waals surface area contributed by atoms with Crippen LogP contribution in [0.4, 0.5) is 0 Å². The molecule has 0 bridgehead atoms. The molecule has 0 amide bonds. The summed E-state index contributed by atoms with van der Waals surface area (Å²) in [6.45, 7) is 17.4. The Kier molecular flexibility index (Phi) is 4.99. The van der Waals surface area contributed by atoms with E-state index in [-0.39, 0.29) is 5.60 Å². The van der Waals surface area contributed by atoms with Gasteiger partial charge in [0, 0.05) is 6.04 Å². The van der Waals surface area contributed by atoms with E-state index < -0.39 is 8.24 Å². The van der Waals surface area contributed by atoms with Crippen molar-refractivity contribution in [1.82, 2.24) is 4.57 Å². The van der Waals surface area contributed by atoms with Gasteiger partial charge in [0.1, 0.15) is 8.24 Å². The Labute approximate surface area is 108 Å². The molecule has 1 aliphatic heterocycles. The average molecular weight is 255 g/mol. The monoisotopic (exact) mass is 255 g/mol. The minimum atomic E-state index is -1.29. The number of allylic oxidation sites excluding steroid dienone is 1. The highest BCUT2D eigenvalue weighted by Gasteiger charge is 2.37. The van der Waals surface area contributed by atoms with Crippen molar-refractivity contribution in [3.63, 3.8) is 0 Å². The maximum atomic E-state index is 5.97. The predicted octanol–water partition coefficient (Wildman–Crippen LogP) is 3.66. The Hall–Kier alpha value is -0.123. The molecule has 1 saturated heterocycles. The average Bonchev–Trinajstić information content (AvgIpc) is 2.61. The fraction of sp³-hybridized carbons (Fsp3) is 0.857. The number of nitrogens with zero attached hydrogens (tertiary/aromatic N) is 1. The molecule has 100 valence electrons. The smallest absolute Gasteiger partial charge is 0.126 e. The van der Waals surface area contributed by atoms with Crippen molar-refractivity contribution in [2.75, 3.05) is 13.2 Å². The van der Waals surface area contributed by atoms with E-state index in [0.717, 1.165) is 6.61 Å². The first-order valence-electron chi connectivity index (χ1n) is 6.78. The first-order chi connectivity index (χ1) is 7.76. The topological polar surface area (TPSA) is 12.5 Å². The molecule has 1 rings (SSSR count). The fourth-order valence-corrected chi connectivity index (χ4v) is 5.52. The lowest BCUT2D eigenvalue weighted by atomic mass is 10.2. The molecule has 1 atom stereocenters. The molecule has 0 spiro atoms. The van der Waals surface area contributed by atoms with Crippen LogP contribution in [0.15, 0.2) is 12.7 Å². The van der Waals surface area contributed by atoms with Gasteiger partial charge >= 0.3 is 0 Å². The molecule has 2 nitrogen and oxygen atoms in total. The molecular weight excluding hydrogens is 226 g/mol. The van der Waals surface area contributed by atoms with Gasteiger partial charge in [0.05, 0.1) is 12.2 Å². The molecule has 0 aromatic heterocycles. The van der Waals surface area contributed by atoms with Crippen molar-refractivity contribution in [1.29, 1.82) is 0 Å². The van der Waals surface area contributed by atoms with Crippen LogP contribution < -0.4 is 0 Å². The molecule has 1 aliphatic rings. The lowest BCUT2D eigenvalue weighted by Crippen LogP contribution is -2.52. The summed E-state index contributed by atoms with van der Waals surface area (Å²) in [5.41, 5.74) is -0.0155. The summed E-state index contributed by atoms with van der Waals surface area (Å²) < 4.78 is 8.71. The molecule has 17 heavy (non-hydrogen) atoms. The normalized spacial score (nSPS) is 23.0. The van der Waals surface area contributed by atoms with Crippen LogP contribution >= 0.6 is 0 Å². The quantitative estimate of drug-likeness (QED) is 0.549. The van der Waals surface area contributed by atoms with Crippen molar-refractivity contribution < 1.29 is 4.74 Å². The second-order valence-corrected chi connectivity index (χ2v) is 11.3. The molecule has 0 radical (unpaired) electrons. The fourth-order valence-electron chi connectivity index (χ4n) is 2.62. The zero-order valence-corrected chi connectivity index (χ0v) is 13.3. The van der Waals surface area contributed by atoms with Crippen LogP contribution in [0.2, 0.25) is 19.1 Å². The Morgan fingerprint density at radius 1 is 1.41 bits per heavy atom. The summed E-state index contributed by atoms with van der Waals surface area (Å²) >= 11 is 0. The van der Waals surface area contributed by atoms with Crippen LogP contribution in [0.1, 0.15) is 33.6 Å². The minimum absolute atomic E-state index is 0.0155. The lowest BCUT2D eigenvalue weighted by molar-refractivity contribution is -0.0207. The van der Waals surface area contributed by atoms with Gasteiger partial charge in [0.25, 0.3) is 0 Å². The molecule has 0 saturated carbocycles. The van der Waals surface area contributed by atoms with Crippen molar-refractivity contribution in [2.45, 2.75) is 64.4 Å². The van der Waals surface area contributed by atoms with Crippen LogP contribution in [0.5, 0.6) is 0 Å². The summed E-state index contributed by atoms with van der Waals surface area (Å²) in [5.74, 6) is 0. The van der Waals surface area contributed by atoms with Gasteiger partial charge in [-0.2, -0.15) is 0 Å². The SMILES string of the molecule is C=CC[Si](C)(C)N1CCC[C@H]1COC(C)(C)C. The minimum Gasteiger partial charge on any atom is -0.374 e. The predicted molar refractivity (Wildman–Crippen MR) is 77.9 cm³/mol. The van der Waals surface area contributed by atoms with Crippen LogP contribution in [-0.4, -0.2) is 37.6 Å². The van der Waals surface area contributed by atoms with Crippen molar-refractivity contribution in [3.05, 3.63) is 12.7 Å². The van der Waals surface area contributed by atoms with E-state index in [0.29, 0.717) is 6.04 Å². The first kappa shape index (κ1) is 14.9. The zero-order valence-electron chi connectivity index (χ0n) is 12.3. The third-order valence-electron chi connectivity index (χ3n) is 3.51. The molecule has 0 unspecified atom stereocenters. The summed E-state index contributed by atoms with van der Waals surface area (Å²) in [7, 11) is -1.29. The van der Waals surface area contributed by atoms with E-state index >= 15 is 0 Å². The Morgan fingerprint density at radius 3 is 2.59 bits per heavy atom. The lowest BCUT2D eigenvalue weighted by Gasteiger charge is -2.38. The number of ether oxygens (including phenoxy) is 1. The Bertz CT molecular complexity index is 257. The van der Waals surface area contributed by atoms with E-state index in [1.165, 1.54) is 25.4 Å². The molecule has 0 aliphatic carbocycles. The van der Waals surface area contributed by atoms with Crippen LogP contribution in [0.25, 0.3) is 0 Å². The van der Waals surface area contributed by atoms with E-state index in [1.807, 2.05) is 0 Å². The van der Waals surface area contributed by atoms with Crippen LogP contribution in [-0.2, 0) is 4.74 Å². The Balaban J connectivity index is 2.57. The maximum absolute atomic E-state index is 5.97. The second-order valence-electron chi connectivity index (χ2n) is 6.72. The van der Waals surface area contributed by atoms with E-state index in [4.69, 9.17) is 4.74 Å². The molecule has 0 aromatic rings. The van der Waals surface area contributed by atoms with Gasteiger partial charge in [0.2, 0.25) is 0 Å². The summed E-state index contributed by atoms with van der Waals surface area (Å²) in [4.78, 5) is 0. The van der Waals surface area contributed by atoms with E-state index in [9.17, 15) is 0 Å². The van der Waals surface area contributed by atoms with E-state index in [2.05, 4.69) is 51.1 Å². The van der Waals surface area contributed by atoms with Gasteiger partial charge in [-0.25, -0.2) is 0 Å². The third-order valence-corrected chi connectivity index (χ3v) is 6.94. The Morgan fingerprint density at radius 2 is 2.06 bits per heavy atom. The van der Waals surface area contributed by atoms with Gasteiger partial charge in [-0.1, -0.05) is 19.2 Å². The standard InChI is InChI=1S/C14H29NOSi/c1-7-11-17(5,6)15-10-8-9-13(15)12-16-14(2,3)4/h7,13H,1,8-12H2,2-6H3/t13-/m0/s1. The van der Waals surface area contributed by atoms with Gasteiger partial charge in [-0.05, 0) is 46.2 Å². The molecule has 1 fully saturated rings. The number of rotatable bonds is 5. The van der Waals surface area contributed by atoms with Crippen molar-refractivity contribution in [3.8, 4) is 0 Å². The maximum Gasteiger partial charge on any atom is 0.126 e. The van der Waals surface area contributed by atoms with Gasteiger partial charge in [-0.3, -0.25) is 0 Å². The molecule has 0 aromatic carbocycles. The van der Waals surface area contributed by atoms with Gasteiger partial charge in [-0.15, -0.1) is 6.58 Å². The molecular formula is C14H29NOSi. The highest BCUT2D eigenvalue weighted by Crippen LogP contribution is 2.28. The molecule has 3 heteroatoms. The summed E-state index contributed by atoms with van der Waals surface area (Å²) in [5, 5.41) is 0. The zero-order chi connectivity index (χ0) is 13.1. The van der Waals surface area contributed by atoms with Gasteiger partial charge < -0.3 is 9.30 Å². The van der Waals surface area contributed by atoms with Crippen molar-refractivity contribution >= 4 is 8.24 Å². The highest BCUT2D eigenvalue weighted by atomic mass is 28.3.